The fraction of sp³-hybridized carbons (Fsp3) is 0.278. The molecule has 1 aliphatic rings. The molecule has 22 heavy (non-hydrogen) atoms. The third-order valence-corrected chi connectivity index (χ3v) is 3.78. The second kappa shape index (κ2) is 6.71. The summed E-state index contributed by atoms with van der Waals surface area (Å²) in [4.78, 5) is 5.49. The lowest BCUT2D eigenvalue weighted by atomic mass is 10.0. The summed E-state index contributed by atoms with van der Waals surface area (Å²) in [7, 11) is 0. The minimum Gasteiger partial charge on any atom is -0.390 e. The molecule has 4 heteroatoms. The summed E-state index contributed by atoms with van der Waals surface area (Å²) >= 11 is 0. The van der Waals surface area contributed by atoms with Gasteiger partial charge in [-0.2, -0.15) is 0 Å². The molecule has 3 nitrogen and oxygen atoms in total. The van der Waals surface area contributed by atoms with E-state index in [1.165, 1.54) is 17.7 Å². The van der Waals surface area contributed by atoms with Crippen molar-refractivity contribution in [2.45, 2.75) is 26.0 Å². The zero-order chi connectivity index (χ0) is 15.4. The molecule has 0 aliphatic carbocycles. The number of aryl methyl sites for hydroxylation is 1. The first-order valence-electron chi connectivity index (χ1n) is 7.46. The maximum Gasteiger partial charge on any atom is 0.145 e. The molecule has 0 unspecified atom stereocenters. The maximum absolute atomic E-state index is 13.1. The van der Waals surface area contributed by atoms with Gasteiger partial charge in [-0.25, -0.2) is 4.39 Å². The maximum atomic E-state index is 13.1. The largest absolute Gasteiger partial charge is 0.390 e. The molecule has 2 aromatic rings. The third kappa shape index (κ3) is 3.52. The number of hydrogen-bond acceptors (Lipinski definition) is 3. The van der Waals surface area contributed by atoms with Gasteiger partial charge < -0.3 is 10.2 Å². The van der Waals surface area contributed by atoms with Crippen molar-refractivity contribution >= 4 is 5.71 Å². The summed E-state index contributed by atoms with van der Waals surface area (Å²) in [5, 5.41) is 7.50. The van der Waals surface area contributed by atoms with Gasteiger partial charge in [0.15, 0.2) is 0 Å². The summed E-state index contributed by atoms with van der Waals surface area (Å²) < 4.78 is 13.1. The second-order valence-electron chi connectivity index (χ2n) is 5.55. The van der Waals surface area contributed by atoms with Crippen molar-refractivity contribution in [1.29, 1.82) is 0 Å². The van der Waals surface area contributed by atoms with Crippen LogP contribution in [-0.2, 0) is 11.4 Å². The number of hydrogen-bond donors (Lipinski definition) is 1. The van der Waals surface area contributed by atoms with E-state index >= 15 is 0 Å². The van der Waals surface area contributed by atoms with Crippen LogP contribution in [0.2, 0.25) is 0 Å². The molecule has 2 aromatic carbocycles. The number of nitrogens with zero attached hydrogens (tertiary/aromatic N) is 1. The normalized spacial score (nSPS) is 17.2. The smallest absolute Gasteiger partial charge is 0.145 e. The molecule has 0 aromatic heterocycles. The Morgan fingerprint density at radius 2 is 2.09 bits per heavy atom. The molecule has 3 rings (SSSR count). The molecule has 114 valence electrons. The summed E-state index contributed by atoms with van der Waals surface area (Å²) in [5.74, 6) is -0.207. The molecular weight excluding hydrogens is 279 g/mol. The fourth-order valence-electron chi connectivity index (χ4n) is 2.62. The lowest BCUT2D eigenvalue weighted by Crippen LogP contribution is -2.26. The number of rotatable bonds is 5. The first-order chi connectivity index (χ1) is 10.7. The summed E-state index contributed by atoms with van der Waals surface area (Å²) in [6, 6.07) is 14.8. The number of oxime groups is 1. The average molecular weight is 298 g/mol. The molecule has 1 N–H and O–H groups in total. The van der Waals surface area contributed by atoms with Crippen LogP contribution in [0.25, 0.3) is 0 Å². The van der Waals surface area contributed by atoms with E-state index in [-0.39, 0.29) is 11.9 Å². The van der Waals surface area contributed by atoms with Crippen LogP contribution in [0.4, 0.5) is 4.39 Å². The highest BCUT2D eigenvalue weighted by molar-refractivity contribution is 6.02. The minimum absolute atomic E-state index is 0.0307. The lowest BCUT2D eigenvalue weighted by molar-refractivity contribution is 0.0848. The SMILES string of the molecule is Cc1ccccc1C1=NO[C@@H](CNCc2cccc(F)c2)C1. The Labute approximate surface area is 129 Å². The van der Waals surface area contributed by atoms with E-state index in [1.54, 1.807) is 6.07 Å². The standard InChI is InChI=1S/C18H19FN2O/c1-13-5-2-3-8-17(13)18-10-16(22-21-18)12-20-11-14-6-4-7-15(19)9-14/h2-9,16,20H,10-12H2,1H3/t16-/m1/s1. The van der Waals surface area contributed by atoms with Gasteiger partial charge >= 0.3 is 0 Å². The van der Waals surface area contributed by atoms with Gasteiger partial charge in [-0.05, 0) is 30.2 Å². The second-order valence-corrected chi connectivity index (χ2v) is 5.55. The van der Waals surface area contributed by atoms with Gasteiger partial charge in [0.2, 0.25) is 0 Å². The van der Waals surface area contributed by atoms with E-state index in [0.717, 1.165) is 23.3 Å². The van der Waals surface area contributed by atoms with Crippen LogP contribution in [0.15, 0.2) is 53.7 Å². The van der Waals surface area contributed by atoms with Gasteiger partial charge in [0.25, 0.3) is 0 Å². The highest BCUT2D eigenvalue weighted by Crippen LogP contribution is 2.19. The third-order valence-electron chi connectivity index (χ3n) is 3.78. The molecular formula is C18H19FN2O. The predicted molar refractivity (Wildman–Crippen MR) is 85.3 cm³/mol. The summed E-state index contributed by atoms with van der Waals surface area (Å²) in [5.41, 5.74) is 4.28. The van der Waals surface area contributed by atoms with Crippen molar-refractivity contribution in [1.82, 2.24) is 5.32 Å². The molecule has 1 atom stereocenters. The van der Waals surface area contributed by atoms with Crippen LogP contribution in [0, 0.1) is 12.7 Å². The molecule has 0 bridgehead atoms. The molecule has 0 amide bonds. The quantitative estimate of drug-likeness (QED) is 0.917. The van der Waals surface area contributed by atoms with Crippen LogP contribution >= 0.6 is 0 Å². The first kappa shape index (κ1) is 14.7. The van der Waals surface area contributed by atoms with Crippen molar-refractivity contribution in [3.63, 3.8) is 0 Å². The lowest BCUT2D eigenvalue weighted by Gasteiger charge is -2.10. The molecule has 0 saturated carbocycles. The monoisotopic (exact) mass is 298 g/mol. The first-order valence-corrected chi connectivity index (χ1v) is 7.46. The Balaban J connectivity index is 1.50. The fourth-order valence-corrected chi connectivity index (χ4v) is 2.62. The summed E-state index contributed by atoms with van der Waals surface area (Å²) in [6.07, 6.45) is 0.823. The molecule has 0 radical (unpaired) electrons. The zero-order valence-electron chi connectivity index (χ0n) is 12.6. The minimum atomic E-state index is -0.207. The van der Waals surface area contributed by atoms with Gasteiger partial charge in [0.1, 0.15) is 11.9 Å². The van der Waals surface area contributed by atoms with E-state index in [1.807, 2.05) is 18.2 Å². The van der Waals surface area contributed by atoms with Crippen LogP contribution in [0.5, 0.6) is 0 Å². The number of halogens is 1. The summed E-state index contributed by atoms with van der Waals surface area (Å²) in [6.45, 7) is 3.39. The Bertz CT molecular complexity index is 684. The van der Waals surface area contributed by atoms with Crippen molar-refractivity contribution in [2.24, 2.45) is 5.16 Å². The van der Waals surface area contributed by atoms with Crippen LogP contribution in [0.3, 0.4) is 0 Å². The van der Waals surface area contributed by atoms with E-state index in [4.69, 9.17) is 4.84 Å². The van der Waals surface area contributed by atoms with E-state index in [9.17, 15) is 4.39 Å². The highest BCUT2D eigenvalue weighted by Gasteiger charge is 2.22. The zero-order valence-corrected chi connectivity index (χ0v) is 12.6. The molecule has 1 aliphatic heterocycles. The van der Waals surface area contributed by atoms with Crippen molar-refractivity contribution < 1.29 is 9.23 Å². The van der Waals surface area contributed by atoms with Crippen molar-refractivity contribution in [3.8, 4) is 0 Å². The van der Waals surface area contributed by atoms with Gasteiger partial charge in [-0.1, -0.05) is 41.6 Å². The Morgan fingerprint density at radius 3 is 2.91 bits per heavy atom. The Morgan fingerprint density at radius 1 is 1.23 bits per heavy atom. The van der Waals surface area contributed by atoms with Crippen LogP contribution in [0.1, 0.15) is 23.1 Å². The van der Waals surface area contributed by atoms with Gasteiger partial charge in [0.05, 0.1) is 5.71 Å². The molecule has 0 spiro atoms. The van der Waals surface area contributed by atoms with Gasteiger partial charge in [-0.3, -0.25) is 0 Å². The Kier molecular flexibility index (Phi) is 4.49. The van der Waals surface area contributed by atoms with Crippen molar-refractivity contribution in [2.75, 3.05) is 6.54 Å². The molecule has 1 heterocycles. The number of benzene rings is 2. The molecule has 0 fully saturated rings. The van der Waals surface area contributed by atoms with Gasteiger partial charge in [-0.15, -0.1) is 0 Å². The van der Waals surface area contributed by atoms with E-state index < -0.39 is 0 Å². The van der Waals surface area contributed by atoms with E-state index in [0.29, 0.717) is 13.1 Å². The van der Waals surface area contributed by atoms with Crippen molar-refractivity contribution in [3.05, 3.63) is 71.0 Å². The van der Waals surface area contributed by atoms with Crippen LogP contribution in [-0.4, -0.2) is 18.4 Å². The predicted octanol–water partition coefficient (Wildman–Crippen LogP) is 3.42. The Hall–Kier alpha value is -2.20. The number of nitrogens with one attached hydrogen (secondary N) is 1. The van der Waals surface area contributed by atoms with E-state index in [2.05, 4.69) is 29.5 Å². The average Bonchev–Trinajstić information content (AvgIpc) is 2.96. The molecule has 0 saturated heterocycles. The van der Waals surface area contributed by atoms with Crippen LogP contribution < -0.4 is 5.32 Å². The topological polar surface area (TPSA) is 33.6 Å². The van der Waals surface area contributed by atoms with Gasteiger partial charge in [0, 0.05) is 25.1 Å². The highest BCUT2D eigenvalue weighted by atomic mass is 19.1.